The van der Waals surface area contributed by atoms with Crippen molar-refractivity contribution in [1.29, 1.82) is 0 Å². The SMILES string of the molecule is Cc1ccc(C(=O)NNC(=O)Cc2ccc(Cl)cc2)cc1S(=O)(=O)N1CCCCC1. The lowest BCUT2D eigenvalue weighted by molar-refractivity contribution is -0.121. The number of hydrazine groups is 1. The molecule has 0 aliphatic carbocycles. The number of aryl methyl sites for hydroxylation is 1. The van der Waals surface area contributed by atoms with Gasteiger partial charge in [-0.05, 0) is 55.2 Å². The van der Waals surface area contributed by atoms with Gasteiger partial charge in [-0.15, -0.1) is 0 Å². The molecule has 0 radical (unpaired) electrons. The van der Waals surface area contributed by atoms with Crippen molar-refractivity contribution in [2.75, 3.05) is 13.1 Å². The Morgan fingerprint density at radius 2 is 1.67 bits per heavy atom. The van der Waals surface area contributed by atoms with E-state index in [0.717, 1.165) is 24.8 Å². The van der Waals surface area contributed by atoms with E-state index in [1.54, 1.807) is 37.3 Å². The van der Waals surface area contributed by atoms with Gasteiger partial charge in [0.15, 0.2) is 0 Å². The summed E-state index contributed by atoms with van der Waals surface area (Å²) < 4.78 is 27.4. The van der Waals surface area contributed by atoms with E-state index in [0.29, 0.717) is 23.7 Å². The number of carbonyl (C=O) groups excluding carboxylic acids is 2. The number of carbonyl (C=O) groups is 2. The van der Waals surface area contributed by atoms with Crippen LogP contribution in [0.2, 0.25) is 5.02 Å². The number of amides is 2. The van der Waals surface area contributed by atoms with Gasteiger partial charge in [-0.2, -0.15) is 4.31 Å². The molecule has 0 saturated carbocycles. The van der Waals surface area contributed by atoms with Gasteiger partial charge in [0, 0.05) is 23.7 Å². The number of rotatable bonds is 5. The Hall–Kier alpha value is -2.42. The van der Waals surface area contributed by atoms with E-state index < -0.39 is 21.8 Å². The van der Waals surface area contributed by atoms with Gasteiger partial charge in [0.2, 0.25) is 15.9 Å². The molecule has 2 N–H and O–H groups in total. The molecule has 0 spiro atoms. The van der Waals surface area contributed by atoms with Crippen LogP contribution in [0.25, 0.3) is 0 Å². The molecule has 2 aromatic rings. The predicted octanol–water partition coefficient (Wildman–Crippen LogP) is 2.83. The highest BCUT2D eigenvalue weighted by Gasteiger charge is 2.28. The van der Waals surface area contributed by atoms with E-state index in [9.17, 15) is 18.0 Å². The maximum Gasteiger partial charge on any atom is 0.269 e. The first-order valence-electron chi connectivity index (χ1n) is 9.72. The van der Waals surface area contributed by atoms with Crippen molar-refractivity contribution >= 4 is 33.4 Å². The summed E-state index contributed by atoms with van der Waals surface area (Å²) in [5.41, 5.74) is 6.16. The van der Waals surface area contributed by atoms with E-state index in [2.05, 4.69) is 10.9 Å². The molecule has 0 atom stereocenters. The Balaban J connectivity index is 1.67. The average molecular weight is 450 g/mol. The van der Waals surface area contributed by atoms with Crippen LogP contribution in [0.4, 0.5) is 0 Å². The number of nitrogens with zero attached hydrogens (tertiary/aromatic N) is 1. The van der Waals surface area contributed by atoms with Gasteiger partial charge in [-0.25, -0.2) is 8.42 Å². The zero-order chi connectivity index (χ0) is 21.7. The summed E-state index contributed by atoms with van der Waals surface area (Å²) >= 11 is 5.82. The maximum atomic E-state index is 13.0. The number of sulfonamides is 1. The lowest BCUT2D eigenvalue weighted by atomic mass is 10.1. The highest BCUT2D eigenvalue weighted by atomic mass is 35.5. The first kappa shape index (κ1) is 22.3. The van der Waals surface area contributed by atoms with Crippen molar-refractivity contribution in [3.05, 3.63) is 64.2 Å². The molecule has 30 heavy (non-hydrogen) atoms. The molecule has 0 unspecified atom stereocenters. The second kappa shape index (κ2) is 9.59. The van der Waals surface area contributed by atoms with Crippen LogP contribution in [-0.2, 0) is 21.2 Å². The molecule has 3 rings (SSSR count). The molecular formula is C21H24ClN3O4S. The van der Waals surface area contributed by atoms with Gasteiger partial charge >= 0.3 is 0 Å². The van der Waals surface area contributed by atoms with Crippen molar-refractivity contribution in [3.8, 4) is 0 Å². The second-order valence-electron chi connectivity index (χ2n) is 7.25. The van der Waals surface area contributed by atoms with E-state index in [-0.39, 0.29) is 16.9 Å². The molecule has 1 fully saturated rings. The third kappa shape index (κ3) is 5.38. The topological polar surface area (TPSA) is 95.6 Å². The maximum absolute atomic E-state index is 13.0. The molecule has 1 heterocycles. The summed E-state index contributed by atoms with van der Waals surface area (Å²) in [7, 11) is -3.67. The van der Waals surface area contributed by atoms with Crippen LogP contribution in [0.5, 0.6) is 0 Å². The summed E-state index contributed by atoms with van der Waals surface area (Å²) in [4.78, 5) is 24.6. The van der Waals surface area contributed by atoms with Crippen molar-refractivity contribution in [2.45, 2.75) is 37.5 Å². The number of nitrogens with one attached hydrogen (secondary N) is 2. The minimum atomic E-state index is -3.67. The van der Waals surface area contributed by atoms with Gasteiger partial charge in [-0.1, -0.05) is 36.2 Å². The minimum absolute atomic E-state index is 0.0694. The van der Waals surface area contributed by atoms with Gasteiger partial charge < -0.3 is 0 Å². The number of benzene rings is 2. The van der Waals surface area contributed by atoms with E-state index >= 15 is 0 Å². The van der Waals surface area contributed by atoms with Gasteiger partial charge in [0.05, 0.1) is 11.3 Å². The van der Waals surface area contributed by atoms with Crippen LogP contribution in [-0.4, -0.2) is 37.6 Å². The third-order valence-electron chi connectivity index (χ3n) is 4.98. The molecule has 1 aliphatic rings. The quantitative estimate of drug-likeness (QED) is 0.686. The predicted molar refractivity (Wildman–Crippen MR) is 115 cm³/mol. The molecule has 0 bridgehead atoms. The van der Waals surface area contributed by atoms with Gasteiger partial charge in [0.1, 0.15) is 0 Å². The molecule has 1 saturated heterocycles. The standard InChI is InChI=1S/C21H24ClN3O4S/c1-15-5-8-17(14-19(15)30(28,29)25-11-3-2-4-12-25)21(27)24-23-20(26)13-16-6-9-18(22)10-7-16/h5-10,14H,2-4,11-13H2,1H3,(H,23,26)(H,24,27). The highest BCUT2D eigenvalue weighted by molar-refractivity contribution is 7.89. The summed E-state index contributed by atoms with van der Waals surface area (Å²) in [5, 5.41) is 0.571. The number of piperidine rings is 1. The first-order chi connectivity index (χ1) is 14.3. The van der Waals surface area contributed by atoms with Gasteiger partial charge in [0.25, 0.3) is 5.91 Å². The van der Waals surface area contributed by atoms with E-state index in [1.165, 1.54) is 16.4 Å². The summed E-state index contributed by atoms with van der Waals surface area (Å²) in [5.74, 6) is -0.992. The Morgan fingerprint density at radius 3 is 2.33 bits per heavy atom. The van der Waals surface area contributed by atoms with Crippen LogP contribution in [0.15, 0.2) is 47.4 Å². The van der Waals surface area contributed by atoms with Crippen molar-refractivity contribution in [1.82, 2.24) is 15.2 Å². The van der Waals surface area contributed by atoms with Crippen molar-refractivity contribution < 1.29 is 18.0 Å². The molecular weight excluding hydrogens is 426 g/mol. The van der Waals surface area contributed by atoms with Crippen LogP contribution in [0, 0.1) is 6.92 Å². The Kier molecular flexibility index (Phi) is 7.12. The van der Waals surface area contributed by atoms with Crippen LogP contribution in [0.3, 0.4) is 0 Å². The fourth-order valence-corrected chi connectivity index (χ4v) is 5.19. The minimum Gasteiger partial charge on any atom is -0.273 e. The normalized spacial score (nSPS) is 14.9. The highest BCUT2D eigenvalue weighted by Crippen LogP contribution is 2.24. The summed E-state index contributed by atoms with van der Waals surface area (Å²) in [6.07, 6.45) is 2.75. The monoisotopic (exact) mass is 449 g/mol. The van der Waals surface area contributed by atoms with E-state index in [4.69, 9.17) is 11.6 Å². The Morgan fingerprint density at radius 1 is 1.00 bits per heavy atom. The lowest BCUT2D eigenvalue weighted by Gasteiger charge is -2.26. The molecule has 1 aliphatic heterocycles. The fourth-order valence-electron chi connectivity index (χ4n) is 3.29. The Labute approximate surface area is 181 Å². The van der Waals surface area contributed by atoms with Crippen molar-refractivity contribution in [3.63, 3.8) is 0 Å². The smallest absolute Gasteiger partial charge is 0.269 e. The summed E-state index contributed by atoms with van der Waals surface area (Å²) in [6.45, 7) is 2.67. The molecule has 7 nitrogen and oxygen atoms in total. The van der Waals surface area contributed by atoms with Crippen LogP contribution < -0.4 is 10.9 Å². The molecule has 2 amide bonds. The van der Waals surface area contributed by atoms with Crippen LogP contribution >= 0.6 is 11.6 Å². The second-order valence-corrected chi connectivity index (χ2v) is 9.59. The van der Waals surface area contributed by atoms with Crippen molar-refractivity contribution in [2.24, 2.45) is 0 Å². The lowest BCUT2D eigenvalue weighted by Crippen LogP contribution is -2.42. The zero-order valence-corrected chi connectivity index (χ0v) is 18.2. The average Bonchev–Trinajstić information content (AvgIpc) is 2.74. The van der Waals surface area contributed by atoms with E-state index in [1.807, 2.05) is 0 Å². The number of hydrogen-bond acceptors (Lipinski definition) is 4. The molecule has 9 heteroatoms. The first-order valence-corrected chi connectivity index (χ1v) is 11.5. The number of halogens is 1. The molecule has 2 aromatic carbocycles. The molecule has 160 valence electrons. The Bertz CT molecular complexity index is 1030. The van der Waals surface area contributed by atoms with Crippen LogP contribution in [0.1, 0.15) is 40.7 Å². The van der Waals surface area contributed by atoms with Gasteiger partial charge in [-0.3, -0.25) is 20.4 Å². The summed E-state index contributed by atoms with van der Waals surface area (Å²) in [6, 6.07) is 11.3. The third-order valence-corrected chi connectivity index (χ3v) is 7.27. The largest absolute Gasteiger partial charge is 0.273 e. The fraction of sp³-hybridized carbons (Fsp3) is 0.333. The number of hydrogen-bond donors (Lipinski definition) is 2. The zero-order valence-electron chi connectivity index (χ0n) is 16.7. The molecule has 0 aromatic heterocycles.